The molecular formula is C22H14N4. The Kier molecular flexibility index (Phi) is 2.58. The summed E-state index contributed by atoms with van der Waals surface area (Å²) in [6.45, 7) is 0. The number of fused-ring (bicyclic) bond motifs is 5. The number of para-hydroxylation sites is 2. The number of pyridine rings is 1. The molecule has 3 heterocycles. The lowest BCUT2D eigenvalue weighted by molar-refractivity contribution is 1.03. The Morgan fingerprint density at radius 1 is 0.769 bits per heavy atom. The summed E-state index contributed by atoms with van der Waals surface area (Å²) in [5.74, 6) is 0.792. The summed E-state index contributed by atoms with van der Waals surface area (Å²) in [5, 5.41) is 4.76. The minimum absolute atomic E-state index is 0.792. The van der Waals surface area contributed by atoms with Crippen LogP contribution in [0, 0.1) is 0 Å². The largest absolute Gasteiger partial charge is 0.323 e. The van der Waals surface area contributed by atoms with Gasteiger partial charge in [0.15, 0.2) is 0 Å². The molecule has 0 amide bonds. The summed E-state index contributed by atoms with van der Waals surface area (Å²) < 4.78 is 2.12. The molecule has 0 aliphatic carbocycles. The van der Waals surface area contributed by atoms with Crippen LogP contribution >= 0.6 is 0 Å². The van der Waals surface area contributed by atoms with Crippen LogP contribution < -0.4 is 0 Å². The van der Waals surface area contributed by atoms with Crippen molar-refractivity contribution in [2.75, 3.05) is 0 Å². The molecule has 3 aromatic carbocycles. The molecule has 0 radical (unpaired) electrons. The topological polar surface area (TPSA) is 46.5 Å². The van der Waals surface area contributed by atoms with Crippen molar-refractivity contribution < 1.29 is 0 Å². The van der Waals surface area contributed by atoms with E-state index in [0.717, 1.165) is 33.5 Å². The number of aromatic amines is 1. The number of imidazole rings is 1. The molecular weight excluding hydrogens is 320 g/mol. The summed E-state index contributed by atoms with van der Waals surface area (Å²) >= 11 is 0. The van der Waals surface area contributed by atoms with Gasteiger partial charge in [0.2, 0.25) is 5.95 Å². The number of hydrogen-bond acceptors (Lipinski definition) is 2. The maximum Gasteiger partial charge on any atom is 0.214 e. The van der Waals surface area contributed by atoms with Gasteiger partial charge in [-0.05, 0) is 47.2 Å². The van der Waals surface area contributed by atoms with E-state index in [4.69, 9.17) is 4.98 Å². The molecule has 0 saturated heterocycles. The van der Waals surface area contributed by atoms with Crippen molar-refractivity contribution in [2.45, 2.75) is 0 Å². The summed E-state index contributed by atoms with van der Waals surface area (Å²) in [6, 6.07) is 25.1. The number of aromatic nitrogens is 4. The number of hydrogen-bond donors (Lipinski definition) is 1. The number of rotatable bonds is 1. The first-order chi connectivity index (χ1) is 12.9. The fraction of sp³-hybridized carbons (Fsp3) is 0. The summed E-state index contributed by atoms with van der Waals surface area (Å²) in [5.41, 5.74) is 4.00. The Labute approximate surface area is 148 Å². The molecule has 6 rings (SSSR count). The van der Waals surface area contributed by atoms with Crippen molar-refractivity contribution in [2.24, 2.45) is 0 Å². The molecule has 0 unspecified atom stereocenters. The van der Waals surface area contributed by atoms with E-state index in [1.807, 2.05) is 36.5 Å². The lowest BCUT2D eigenvalue weighted by Gasteiger charge is -2.03. The van der Waals surface area contributed by atoms with Crippen molar-refractivity contribution in [1.82, 2.24) is 19.5 Å². The zero-order valence-corrected chi connectivity index (χ0v) is 13.8. The highest BCUT2D eigenvalue weighted by Gasteiger charge is 2.16. The Morgan fingerprint density at radius 2 is 1.58 bits per heavy atom. The summed E-state index contributed by atoms with van der Waals surface area (Å²) in [6.07, 6.45) is 1.83. The zero-order chi connectivity index (χ0) is 17.1. The summed E-state index contributed by atoms with van der Waals surface area (Å²) in [7, 11) is 0. The highest BCUT2D eigenvalue weighted by Crippen LogP contribution is 2.33. The van der Waals surface area contributed by atoms with Crippen molar-refractivity contribution in [3.8, 4) is 5.95 Å². The van der Waals surface area contributed by atoms with Gasteiger partial charge in [0, 0.05) is 17.0 Å². The van der Waals surface area contributed by atoms with Crippen LogP contribution in [0.15, 0.2) is 79.0 Å². The van der Waals surface area contributed by atoms with Gasteiger partial charge in [0.1, 0.15) is 5.65 Å². The normalized spacial score (nSPS) is 11.8. The molecule has 0 fully saturated rings. The van der Waals surface area contributed by atoms with E-state index in [-0.39, 0.29) is 0 Å². The van der Waals surface area contributed by atoms with Gasteiger partial charge in [-0.3, -0.25) is 4.57 Å². The summed E-state index contributed by atoms with van der Waals surface area (Å²) in [4.78, 5) is 12.9. The van der Waals surface area contributed by atoms with Crippen LogP contribution in [0.3, 0.4) is 0 Å². The van der Waals surface area contributed by atoms with Gasteiger partial charge in [-0.1, -0.05) is 36.4 Å². The molecule has 0 bridgehead atoms. The predicted molar refractivity (Wildman–Crippen MR) is 106 cm³/mol. The monoisotopic (exact) mass is 334 g/mol. The van der Waals surface area contributed by atoms with Crippen molar-refractivity contribution >= 4 is 43.7 Å². The SMILES string of the molecule is c1ccc2cc3c(cc2c1)c1cccnc1n3-c1nc2ccccc2[nH]1. The molecule has 4 heteroatoms. The van der Waals surface area contributed by atoms with Crippen molar-refractivity contribution in [3.63, 3.8) is 0 Å². The highest BCUT2D eigenvalue weighted by molar-refractivity contribution is 6.12. The standard InChI is InChI=1S/C22H14N4/c1-2-7-15-13-20-17(12-14(15)6-1)16-8-5-11-23-21(16)26(20)22-24-18-9-3-4-10-19(18)25-22/h1-13H,(H,24,25). The first kappa shape index (κ1) is 13.6. The number of H-pyrrole nitrogens is 1. The van der Waals surface area contributed by atoms with Gasteiger partial charge in [0.05, 0.1) is 16.6 Å². The first-order valence-electron chi connectivity index (χ1n) is 8.61. The maximum atomic E-state index is 4.80. The van der Waals surface area contributed by atoms with Gasteiger partial charge in [0.25, 0.3) is 0 Å². The molecule has 1 N–H and O–H groups in total. The molecule has 6 aromatic rings. The highest BCUT2D eigenvalue weighted by atomic mass is 15.2. The minimum Gasteiger partial charge on any atom is -0.323 e. The second kappa shape index (κ2) is 4.92. The lowest BCUT2D eigenvalue weighted by Crippen LogP contribution is -1.97. The smallest absolute Gasteiger partial charge is 0.214 e. The third kappa shape index (κ3) is 1.78. The van der Waals surface area contributed by atoms with E-state index in [1.54, 1.807) is 0 Å². The molecule has 3 aromatic heterocycles. The fourth-order valence-corrected chi connectivity index (χ4v) is 3.79. The molecule has 0 atom stereocenters. The molecule has 0 aliphatic rings. The van der Waals surface area contributed by atoms with E-state index >= 15 is 0 Å². The maximum absolute atomic E-state index is 4.80. The third-order valence-corrected chi connectivity index (χ3v) is 4.98. The Morgan fingerprint density at radius 3 is 2.46 bits per heavy atom. The molecule has 0 spiro atoms. The predicted octanol–water partition coefficient (Wildman–Crippen LogP) is 5.21. The van der Waals surface area contributed by atoms with Crippen LogP contribution in [0.25, 0.3) is 49.7 Å². The Balaban J connectivity index is 1.81. The third-order valence-electron chi connectivity index (χ3n) is 4.98. The van der Waals surface area contributed by atoms with Crippen LogP contribution in [0.1, 0.15) is 0 Å². The van der Waals surface area contributed by atoms with E-state index in [9.17, 15) is 0 Å². The van der Waals surface area contributed by atoms with E-state index < -0.39 is 0 Å². The second-order valence-electron chi connectivity index (χ2n) is 6.50. The zero-order valence-electron chi connectivity index (χ0n) is 13.8. The van der Waals surface area contributed by atoms with E-state index in [0.29, 0.717) is 0 Å². The molecule has 122 valence electrons. The Bertz CT molecular complexity index is 1410. The fourth-order valence-electron chi connectivity index (χ4n) is 3.79. The number of benzene rings is 3. The molecule has 0 saturated carbocycles. The number of nitrogens with zero attached hydrogens (tertiary/aromatic N) is 3. The van der Waals surface area contributed by atoms with Crippen LogP contribution in [0.5, 0.6) is 0 Å². The van der Waals surface area contributed by atoms with Crippen LogP contribution in [-0.2, 0) is 0 Å². The lowest BCUT2D eigenvalue weighted by atomic mass is 10.1. The quantitative estimate of drug-likeness (QED) is 0.449. The van der Waals surface area contributed by atoms with E-state index in [2.05, 4.69) is 57.0 Å². The Hall–Kier alpha value is -3.66. The van der Waals surface area contributed by atoms with Crippen molar-refractivity contribution in [3.05, 3.63) is 79.0 Å². The van der Waals surface area contributed by atoms with Gasteiger partial charge >= 0.3 is 0 Å². The van der Waals surface area contributed by atoms with Crippen LogP contribution in [-0.4, -0.2) is 19.5 Å². The molecule has 26 heavy (non-hydrogen) atoms. The second-order valence-corrected chi connectivity index (χ2v) is 6.50. The van der Waals surface area contributed by atoms with Crippen LogP contribution in [0.4, 0.5) is 0 Å². The van der Waals surface area contributed by atoms with Crippen LogP contribution in [0.2, 0.25) is 0 Å². The average molecular weight is 334 g/mol. The molecule has 0 aliphatic heterocycles. The number of nitrogens with one attached hydrogen (secondary N) is 1. The van der Waals surface area contributed by atoms with E-state index in [1.165, 1.54) is 16.2 Å². The van der Waals surface area contributed by atoms with Gasteiger partial charge in [-0.2, -0.15) is 0 Å². The average Bonchev–Trinajstić information content (AvgIpc) is 3.24. The minimum atomic E-state index is 0.792. The van der Waals surface area contributed by atoms with Crippen molar-refractivity contribution in [1.29, 1.82) is 0 Å². The van der Waals surface area contributed by atoms with Gasteiger partial charge < -0.3 is 4.98 Å². The molecule has 4 nitrogen and oxygen atoms in total. The van der Waals surface area contributed by atoms with Gasteiger partial charge in [-0.25, -0.2) is 9.97 Å². The van der Waals surface area contributed by atoms with Gasteiger partial charge in [-0.15, -0.1) is 0 Å². The first-order valence-corrected chi connectivity index (χ1v) is 8.61.